The number of rotatable bonds is 5. The van der Waals surface area contributed by atoms with E-state index in [1.54, 1.807) is 0 Å². The molecule has 6 heteroatoms. The second-order valence-electron chi connectivity index (χ2n) is 6.78. The molecule has 138 valence electrons. The van der Waals surface area contributed by atoms with Crippen molar-refractivity contribution in [3.8, 4) is 0 Å². The maximum absolute atomic E-state index is 4.29. The van der Waals surface area contributed by atoms with Crippen LogP contribution >= 0.6 is 0 Å². The number of halogens is 1. The number of quaternary nitrogens is 1. The summed E-state index contributed by atoms with van der Waals surface area (Å²) < 4.78 is 0.774. The first-order chi connectivity index (χ1) is 12.5. The lowest BCUT2D eigenvalue weighted by Gasteiger charge is -2.23. The van der Waals surface area contributed by atoms with E-state index in [0.29, 0.717) is 0 Å². The molecule has 0 bridgehead atoms. The molecule has 27 heavy (non-hydrogen) atoms. The van der Waals surface area contributed by atoms with Crippen LogP contribution < -0.4 is 28.5 Å². The molecule has 0 aliphatic heterocycles. The summed E-state index contributed by atoms with van der Waals surface area (Å²) in [6.07, 6.45) is 0. The molecule has 0 aliphatic rings. The summed E-state index contributed by atoms with van der Waals surface area (Å²) in [5, 5.41) is 17.0. The zero-order chi connectivity index (χ0) is 18.4. The minimum absolute atomic E-state index is 0. The van der Waals surface area contributed by atoms with Crippen LogP contribution in [0.4, 0.5) is 28.4 Å². The summed E-state index contributed by atoms with van der Waals surface area (Å²) in [7, 11) is 6.40. The molecular weight excluding hydrogens is 449 g/mol. The number of hydrogen-bond acceptors (Lipinski definition) is 4. The highest BCUT2D eigenvalue weighted by Crippen LogP contribution is 2.25. The molecule has 0 saturated carbocycles. The van der Waals surface area contributed by atoms with Crippen LogP contribution in [-0.4, -0.2) is 21.1 Å². The number of hydrogen-bond donors (Lipinski definition) is 0. The van der Waals surface area contributed by atoms with Gasteiger partial charge in [0, 0.05) is 12.1 Å². The maximum Gasteiger partial charge on any atom is 0.132 e. The van der Waals surface area contributed by atoms with Crippen molar-refractivity contribution in [2.45, 2.75) is 0 Å². The van der Waals surface area contributed by atoms with Gasteiger partial charge in [-0.2, -0.15) is 20.5 Å². The van der Waals surface area contributed by atoms with Gasteiger partial charge in [0.05, 0.1) is 43.9 Å². The summed E-state index contributed by atoms with van der Waals surface area (Å²) in [6, 6.07) is 25.3. The van der Waals surface area contributed by atoms with Crippen LogP contribution in [0.2, 0.25) is 0 Å². The van der Waals surface area contributed by atoms with Gasteiger partial charge in [0.2, 0.25) is 0 Å². The smallest absolute Gasteiger partial charge is 0.132 e. The predicted molar refractivity (Wildman–Crippen MR) is 107 cm³/mol. The van der Waals surface area contributed by atoms with Crippen LogP contribution in [0.5, 0.6) is 0 Å². The van der Waals surface area contributed by atoms with Crippen molar-refractivity contribution in [3.63, 3.8) is 0 Å². The molecule has 0 saturated heterocycles. The largest absolute Gasteiger partial charge is 1.00 e. The van der Waals surface area contributed by atoms with Gasteiger partial charge in [-0.1, -0.05) is 18.2 Å². The van der Waals surface area contributed by atoms with E-state index in [4.69, 9.17) is 0 Å². The SMILES string of the molecule is C[N+](C)(C)c1ccc(N=Nc2ccc(N=Nc3ccccc3)cc2)cc1.[I-]. The van der Waals surface area contributed by atoms with Crippen molar-refractivity contribution in [3.05, 3.63) is 78.9 Å². The van der Waals surface area contributed by atoms with Gasteiger partial charge in [0.15, 0.2) is 0 Å². The van der Waals surface area contributed by atoms with E-state index in [9.17, 15) is 0 Å². The molecule has 0 N–H and O–H groups in total. The normalized spacial score (nSPS) is 11.7. The summed E-state index contributed by atoms with van der Waals surface area (Å²) in [4.78, 5) is 0. The van der Waals surface area contributed by atoms with Gasteiger partial charge >= 0.3 is 0 Å². The Bertz CT molecular complexity index is 896. The Morgan fingerprint density at radius 2 is 0.815 bits per heavy atom. The quantitative estimate of drug-likeness (QED) is 0.310. The molecule has 0 atom stereocenters. The topological polar surface area (TPSA) is 49.4 Å². The summed E-state index contributed by atoms with van der Waals surface area (Å²) in [5.74, 6) is 0. The van der Waals surface area contributed by atoms with Crippen LogP contribution in [0, 0.1) is 0 Å². The molecule has 0 fully saturated rings. The van der Waals surface area contributed by atoms with Crippen molar-refractivity contribution < 1.29 is 24.0 Å². The molecule has 0 aromatic heterocycles. The van der Waals surface area contributed by atoms with Gasteiger partial charge in [-0.25, -0.2) is 0 Å². The van der Waals surface area contributed by atoms with Crippen LogP contribution in [0.1, 0.15) is 0 Å². The second-order valence-corrected chi connectivity index (χ2v) is 6.78. The Balaban J connectivity index is 0.00000261. The highest BCUT2D eigenvalue weighted by molar-refractivity contribution is 5.51. The maximum atomic E-state index is 4.29. The van der Waals surface area contributed by atoms with E-state index in [-0.39, 0.29) is 24.0 Å². The first-order valence-electron chi connectivity index (χ1n) is 8.41. The van der Waals surface area contributed by atoms with E-state index in [1.165, 1.54) is 5.69 Å². The third kappa shape index (κ3) is 6.33. The van der Waals surface area contributed by atoms with Gasteiger partial charge in [-0.15, -0.1) is 0 Å². The fourth-order valence-corrected chi connectivity index (χ4v) is 2.28. The average Bonchev–Trinajstić information content (AvgIpc) is 2.66. The minimum Gasteiger partial charge on any atom is -1.00 e. The lowest BCUT2D eigenvalue weighted by Crippen LogP contribution is -3.00. The first kappa shape index (κ1) is 20.9. The van der Waals surface area contributed by atoms with Crippen molar-refractivity contribution >= 4 is 28.4 Å². The van der Waals surface area contributed by atoms with Crippen molar-refractivity contribution in [2.24, 2.45) is 20.5 Å². The van der Waals surface area contributed by atoms with Gasteiger partial charge in [0.1, 0.15) is 5.69 Å². The summed E-state index contributed by atoms with van der Waals surface area (Å²) in [6.45, 7) is 0. The Kier molecular flexibility index (Phi) is 7.32. The lowest BCUT2D eigenvalue weighted by atomic mass is 10.2. The minimum atomic E-state index is 0. The van der Waals surface area contributed by atoms with E-state index >= 15 is 0 Å². The lowest BCUT2D eigenvalue weighted by molar-refractivity contribution is -0.00000562. The fraction of sp³-hybridized carbons (Fsp3) is 0.143. The van der Waals surface area contributed by atoms with E-state index in [2.05, 4.69) is 53.7 Å². The monoisotopic (exact) mass is 471 g/mol. The first-order valence-corrected chi connectivity index (χ1v) is 8.41. The molecule has 0 aliphatic carbocycles. The number of azo groups is 2. The molecule has 0 spiro atoms. The van der Waals surface area contributed by atoms with Crippen molar-refractivity contribution in [1.29, 1.82) is 0 Å². The highest BCUT2D eigenvalue weighted by atomic mass is 127. The molecule has 0 heterocycles. The summed E-state index contributed by atoms with van der Waals surface area (Å²) in [5.41, 5.74) is 4.43. The van der Waals surface area contributed by atoms with E-state index in [0.717, 1.165) is 27.2 Å². The fourth-order valence-electron chi connectivity index (χ4n) is 2.28. The third-order valence-electron chi connectivity index (χ3n) is 3.79. The van der Waals surface area contributed by atoms with E-state index < -0.39 is 0 Å². The molecule has 5 nitrogen and oxygen atoms in total. The summed E-state index contributed by atoms with van der Waals surface area (Å²) >= 11 is 0. The molecule has 0 amide bonds. The second kappa shape index (κ2) is 9.48. The van der Waals surface area contributed by atoms with Crippen LogP contribution in [0.25, 0.3) is 0 Å². The average molecular weight is 471 g/mol. The van der Waals surface area contributed by atoms with Gasteiger partial charge in [0.25, 0.3) is 0 Å². The number of benzene rings is 3. The number of nitrogens with zero attached hydrogens (tertiary/aromatic N) is 5. The van der Waals surface area contributed by atoms with Crippen LogP contribution in [-0.2, 0) is 0 Å². The molecule has 3 aromatic carbocycles. The van der Waals surface area contributed by atoms with Crippen LogP contribution in [0.3, 0.4) is 0 Å². The van der Waals surface area contributed by atoms with Crippen molar-refractivity contribution in [1.82, 2.24) is 4.48 Å². The van der Waals surface area contributed by atoms with Crippen molar-refractivity contribution in [2.75, 3.05) is 21.1 Å². The molecular formula is C21H22IN5. The van der Waals surface area contributed by atoms with Gasteiger partial charge < -0.3 is 24.0 Å². The third-order valence-corrected chi connectivity index (χ3v) is 3.79. The Labute approximate surface area is 177 Å². The van der Waals surface area contributed by atoms with Gasteiger partial charge in [-0.3, -0.25) is 4.48 Å². The standard InChI is InChI=1S/C21H22N5.HI/c1-26(2,3)21-15-13-20(14-16-21)25-24-19-11-9-18(10-12-19)23-22-17-7-5-4-6-8-17;/h4-16H,1-3H3;1H/q+1;/p-1. The Morgan fingerprint density at radius 1 is 0.481 bits per heavy atom. The zero-order valence-electron chi connectivity index (χ0n) is 15.6. The molecule has 0 unspecified atom stereocenters. The molecule has 3 aromatic rings. The zero-order valence-corrected chi connectivity index (χ0v) is 17.8. The molecule has 0 radical (unpaired) electrons. The predicted octanol–water partition coefficient (Wildman–Crippen LogP) is 3.72. The van der Waals surface area contributed by atoms with Crippen LogP contribution in [0.15, 0.2) is 99.3 Å². The highest BCUT2D eigenvalue weighted by Gasteiger charge is 2.10. The molecule has 3 rings (SSSR count). The van der Waals surface area contributed by atoms with E-state index in [1.807, 2.05) is 66.7 Å². The Hall–Kier alpha value is -2.45. The Morgan fingerprint density at radius 3 is 1.19 bits per heavy atom. The van der Waals surface area contributed by atoms with Gasteiger partial charge in [-0.05, 0) is 48.5 Å².